The molecule has 0 aromatic carbocycles. The molecule has 0 amide bonds. The van der Waals surface area contributed by atoms with E-state index in [0.29, 0.717) is 11.2 Å². The molecule has 2 unspecified atom stereocenters. The molecule has 0 fully saturated rings. The van der Waals surface area contributed by atoms with Crippen molar-refractivity contribution in [1.29, 1.82) is 0 Å². The minimum atomic E-state index is -1.87. The Morgan fingerprint density at radius 1 is 1.88 bits per heavy atom. The van der Waals surface area contributed by atoms with Crippen molar-refractivity contribution >= 4 is 27.0 Å². The fourth-order valence-electron chi connectivity index (χ4n) is 0.259. The van der Waals surface area contributed by atoms with E-state index in [1.54, 1.807) is 0 Å². The summed E-state index contributed by atoms with van der Waals surface area (Å²) in [5.74, 6) is 0.256. The smallest absolute Gasteiger partial charge is 0.0125 e. The van der Waals surface area contributed by atoms with Gasteiger partial charge in [0, 0.05) is 10.6 Å². The standard InChI is InChI=1S/C4H9BrO2S/c1-4(5)2-3-8(6)7/h4H,2-3H2,1H3,(H,6,7)/p-1. The van der Waals surface area contributed by atoms with Crippen LogP contribution in [-0.4, -0.2) is 19.3 Å². The molecule has 0 bridgehead atoms. The topological polar surface area (TPSA) is 40.1 Å². The zero-order valence-electron chi connectivity index (χ0n) is 4.59. The largest absolute Gasteiger partial charge is 0.772 e. The molecule has 0 spiro atoms. The third-order valence-corrected chi connectivity index (χ3v) is 1.71. The first-order valence-corrected chi connectivity index (χ1v) is 4.49. The van der Waals surface area contributed by atoms with Crippen LogP contribution >= 0.6 is 15.9 Å². The summed E-state index contributed by atoms with van der Waals surface area (Å²) in [6.45, 7) is 1.92. The third-order valence-electron chi connectivity index (χ3n) is 0.682. The average molecular weight is 200 g/mol. The molecule has 0 heterocycles. The fraction of sp³-hybridized carbons (Fsp3) is 1.00. The zero-order chi connectivity index (χ0) is 6.57. The molecule has 0 N–H and O–H groups in total. The molecule has 2 nitrogen and oxygen atoms in total. The molecule has 0 rings (SSSR count). The Kier molecular flexibility index (Phi) is 4.80. The maximum Gasteiger partial charge on any atom is 0.0125 e. The predicted octanol–water partition coefficient (Wildman–Crippen LogP) is 1.04. The molecule has 0 aliphatic carbocycles. The van der Waals surface area contributed by atoms with Crippen molar-refractivity contribution in [3.05, 3.63) is 0 Å². The Bertz CT molecular complexity index is 84.1. The van der Waals surface area contributed by atoms with E-state index in [-0.39, 0.29) is 5.75 Å². The first-order valence-electron chi connectivity index (χ1n) is 2.33. The molecule has 2 atom stereocenters. The van der Waals surface area contributed by atoms with E-state index in [2.05, 4.69) is 15.9 Å². The minimum absolute atomic E-state index is 0.256. The second-order valence-electron chi connectivity index (χ2n) is 1.58. The summed E-state index contributed by atoms with van der Waals surface area (Å²) < 4.78 is 19.8. The van der Waals surface area contributed by atoms with Gasteiger partial charge < -0.3 is 4.55 Å². The van der Waals surface area contributed by atoms with Gasteiger partial charge in [-0.2, -0.15) is 0 Å². The average Bonchev–Trinajstić information content (AvgIpc) is 1.61. The number of halogens is 1. The van der Waals surface area contributed by atoms with Gasteiger partial charge in [0.15, 0.2) is 0 Å². The van der Waals surface area contributed by atoms with Crippen LogP contribution < -0.4 is 0 Å². The highest BCUT2D eigenvalue weighted by Crippen LogP contribution is 2.02. The summed E-state index contributed by atoms with van der Waals surface area (Å²) in [6, 6.07) is 0. The zero-order valence-corrected chi connectivity index (χ0v) is 7.00. The maximum absolute atomic E-state index is 9.88. The molecule has 0 aliphatic heterocycles. The lowest BCUT2D eigenvalue weighted by molar-refractivity contribution is 0.535. The van der Waals surface area contributed by atoms with Gasteiger partial charge in [0.05, 0.1) is 0 Å². The van der Waals surface area contributed by atoms with E-state index >= 15 is 0 Å². The summed E-state index contributed by atoms with van der Waals surface area (Å²) in [4.78, 5) is 0.306. The lowest BCUT2D eigenvalue weighted by atomic mass is 10.4. The lowest BCUT2D eigenvalue weighted by Crippen LogP contribution is -2.00. The summed E-state index contributed by atoms with van der Waals surface area (Å²) >= 11 is 1.36. The number of rotatable bonds is 3. The Labute approximate surface area is 60.1 Å². The van der Waals surface area contributed by atoms with Gasteiger partial charge in [0.25, 0.3) is 0 Å². The molecule has 0 saturated heterocycles. The summed E-state index contributed by atoms with van der Waals surface area (Å²) in [5.41, 5.74) is 0. The monoisotopic (exact) mass is 199 g/mol. The van der Waals surface area contributed by atoms with Gasteiger partial charge in [-0.1, -0.05) is 33.9 Å². The van der Waals surface area contributed by atoms with Crippen LogP contribution in [0.1, 0.15) is 13.3 Å². The van der Waals surface area contributed by atoms with E-state index in [4.69, 9.17) is 0 Å². The molecule has 8 heavy (non-hydrogen) atoms. The molecular weight excluding hydrogens is 192 g/mol. The molecule has 0 aromatic rings. The minimum Gasteiger partial charge on any atom is -0.772 e. The number of hydrogen-bond acceptors (Lipinski definition) is 2. The van der Waals surface area contributed by atoms with Gasteiger partial charge in [0.1, 0.15) is 0 Å². The Hall–Kier alpha value is 0.590. The van der Waals surface area contributed by atoms with Gasteiger partial charge in [-0.05, 0) is 6.42 Å². The Morgan fingerprint density at radius 2 is 2.38 bits per heavy atom. The molecule has 0 aromatic heterocycles. The second kappa shape index (κ2) is 4.47. The predicted molar refractivity (Wildman–Crippen MR) is 36.8 cm³/mol. The van der Waals surface area contributed by atoms with Crippen LogP contribution in [-0.2, 0) is 11.1 Å². The molecule has 0 radical (unpaired) electrons. The van der Waals surface area contributed by atoms with E-state index in [9.17, 15) is 8.76 Å². The number of alkyl halides is 1. The van der Waals surface area contributed by atoms with Crippen LogP contribution in [0, 0.1) is 0 Å². The van der Waals surface area contributed by atoms with Crippen molar-refractivity contribution in [3.63, 3.8) is 0 Å². The van der Waals surface area contributed by atoms with Crippen LogP contribution in [0.3, 0.4) is 0 Å². The summed E-state index contributed by atoms with van der Waals surface area (Å²) in [5, 5.41) is 0. The lowest BCUT2D eigenvalue weighted by Gasteiger charge is -2.04. The molecule has 4 heteroatoms. The van der Waals surface area contributed by atoms with Crippen LogP contribution in [0.5, 0.6) is 0 Å². The van der Waals surface area contributed by atoms with Crippen molar-refractivity contribution < 1.29 is 8.76 Å². The van der Waals surface area contributed by atoms with Crippen LogP contribution in [0.4, 0.5) is 0 Å². The molecular formula is C4H8BrO2S-. The van der Waals surface area contributed by atoms with Crippen molar-refractivity contribution in [2.24, 2.45) is 0 Å². The highest BCUT2D eigenvalue weighted by molar-refractivity contribution is 9.09. The quantitative estimate of drug-likeness (QED) is 0.504. The molecule has 50 valence electrons. The highest BCUT2D eigenvalue weighted by atomic mass is 79.9. The summed E-state index contributed by atoms with van der Waals surface area (Å²) in [6.07, 6.45) is 0.691. The van der Waals surface area contributed by atoms with Crippen LogP contribution in [0.15, 0.2) is 0 Å². The van der Waals surface area contributed by atoms with Gasteiger partial charge in [0.2, 0.25) is 0 Å². The van der Waals surface area contributed by atoms with Crippen LogP contribution in [0.25, 0.3) is 0 Å². The Balaban J connectivity index is 3.05. The van der Waals surface area contributed by atoms with Gasteiger partial charge in [-0.3, -0.25) is 4.21 Å². The molecule has 0 saturated carbocycles. The van der Waals surface area contributed by atoms with E-state index in [1.807, 2.05) is 6.92 Å². The maximum atomic E-state index is 9.88. The van der Waals surface area contributed by atoms with E-state index in [0.717, 1.165) is 0 Å². The van der Waals surface area contributed by atoms with Crippen molar-refractivity contribution in [2.75, 3.05) is 5.75 Å². The van der Waals surface area contributed by atoms with Gasteiger partial charge in [-0.25, -0.2) is 0 Å². The fourth-order valence-corrected chi connectivity index (χ4v) is 1.34. The summed E-state index contributed by atoms with van der Waals surface area (Å²) in [7, 11) is 0. The molecule has 0 aliphatic rings. The van der Waals surface area contributed by atoms with Crippen molar-refractivity contribution in [2.45, 2.75) is 18.2 Å². The van der Waals surface area contributed by atoms with Crippen molar-refractivity contribution in [3.8, 4) is 0 Å². The van der Waals surface area contributed by atoms with E-state index < -0.39 is 11.1 Å². The van der Waals surface area contributed by atoms with Gasteiger partial charge in [-0.15, -0.1) is 0 Å². The van der Waals surface area contributed by atoms with E-state index in [1.165, 1.54) is 0 Å². The first kappa shape index (κ1) is 8.59. The van der Waals surface area contributed by atoms with Crippen molar-refractivity contribution in [1.82, 2.24) is 0 Å². The number of hydrogen-bond donors (Lipinski definition) is 0. The Morgan fingerprint density at radius 3 is 2.50 bits per heavy atom. The normalized spacial score (nSPS) is 17.9. The first-order chi connectivity index (χ1) is 3.63. The van der Waals surface area contributed by atoms with Crippen LogP contribution in [0.2, 0.25) is 0 Å². The highest BCUT2D eigenvalue weighted by Gasteiger charge is 1.92. The third kappa shape index (κ3) is 6.59. The SMILES string of the molecule is CC(Br)CCS(=O)[O-]. The van der Waals surface area contributed by atoms with Gasteiger partial charge >= 0.3 is 0 Å². The second-order valence-corrected chi connectivity index (χ2v) is 4.16.